The fourth-order valence-electron chi connectivity index (χ4n) is 3.69. The zero-order valence-electron chi connectivity index (χ0n) is 18.3. The molecule has 12 heteroatoms. The first kappa shape index (κ1) is 23.3. The maximum absolute atomic E-state index is 13.1. The van der Waals surface area contributed by atoms with E-state index >= 15 is 0 Å². The Morgan fingerprint density at radius 2 is 0.861 bits per heavy atom. The number of sulfone groups is 2. The molecule has 36 heavy (non-hydrogen) atoms. The summed E-state index contributed by atoms with van der Waals surface area (Å²) in [5.41, 5.74) is 1.74. The summed E-state index contributed by atoms with van der Waals surface area (Å²) < 4.78 is 52.5. The van der Waals surface area contributed by atoms with Gasteiger partial charge in [-0.3, -0.25) is 10.2 Å². The second-order valence-electron chi connectivity index (χ2n) is 7.80. The standard InChI is InChI=1S/C24H18N4O6S2/c29-17-5-9-19(10-6-17)35(31,32)23-21(13-25-27-23)15-1-2-16(4-3-15)22-14-26-28-24(22)36(33,34)20-11-7-18(30)8-12-20/h1-14,29-30H,(H,25,27)(H,26,28). The number of H-pyrrole nitrogens is 2. The lowest BCUT2D eigenvalue weighted by molar-refractivity contribution is 0.474. The monoisotopic (exact) mass is 522 g/mol. The van der Waals surface area contributed by atoms with Crippen molar-refractivity contribution in [3.05, 3.63) is 85.2 Å². The SMILES string of the molecule is O=S(=O)(c1ccc(O)cc1)c1[nH]ncc1-c1ccc(-c2cn[nH]c2S(=O)(=O)c2ccc(O)cc2)cc1. The number of phenols is 2. The summed E-state index contributed by atoms with van der Waals surface area (Å²) in [5, 5.41) is 31.6. The molecule has 5 rings (SSSR count). The van der Waals surface area contributed by atoms with E-state index in [0.29, 0.717) is 22.3 Å². The fraction of sp³-hybridized carbons (Fsp3) is 0. The second-order valence-corrected chi connectivity index (χ2v) is 11.6. The van der Waals surface area contributed by atoms with Gasteiger partial charge in [0.25, 0.3) is 0 Å². The van der Waals surface area contributed by atoms with Crippen molar-refractivity contribution in [1.29, 1.82) is 0 Å². The van der Waals surface area contributed by atoms with Crippen LogP contribution >= 0.6 is 0 Å². The quantitative estimate of drug-likeness (QED) is 0.263. The van der Waals surface area contributed by atoms with Gasteiger partial charge in [0.05, 0.1) is 22.2 Å². The Hall–Kier alpha value is -4.42. The molecule has 3 aromatic carbocycles. The molecular weight excluding hydrogens is 504 g/mol. The summed E-state index contributed by atoms with van der Waals surface area (Å²) in [6, 6.07) is 16.9. The summed E-state index contributed by atoms with van der Waals surface area (Å²) in [4.78, 5) is -0.0187. The van der Waals surface area contributed by atoms with Crippen LogP contribution in [0.25, 0.3) is 22.3 Å². The largest absolute Gasteiger partial charge is 0.508 e. The lowest BCUT2D eigenvalue weighted by atomic mass is 10.0. The van der Waals surface area contributed by atoms with E-state index in [-0.39, 0.29) is 31.3 Å². The zero-order valence-corrected chi connectivity index (χ0v) is 20.0. The summed E-state index contributed by atoms with van der Waals surface area (Å²) in [6.45, 7) is 0. The molecule has 0 saturated heterocycles. The van der Waals surface area contributed by atoms with Crippen LogP contribution in [0, 0.1) is 0 Å². The Kier molecular flexibility index (Phi) is 5.61. The van der Waals surface area contributed by atoms with Gasteiger partial charge in [-0.1, -0.05) is 24.3 Å². The number of phenolic OH excluding ortho intramolecular Hbond substituents is 2. The van der Waals surface area contributed by atoms with Crippen LogP contribution in [0.2, 0.25) is 0 Å². The molecule has 0 saturated carbocycles. The smallest absolute Gasteiger partial charge is 0.223 e. The molecule has 0 atom stereocenters. The number of rotatable bonds is 6. The van der Waals surface area contributed by atoms with Gasteiger partial charge < -0.3 is 10.2 Å². The van der Waals surface area contributed by atoms with Crippen LogP contribution in [0.3, 0.4) is 0 Å². The molecule has 4 N–H and O–H groups in total. The first-order valence-corrected chi connectivity index (χ1v) is 13.4. The maximum atomic E-state index is 13.1. The summed E-state index contributed by atoms with van der Waals surface area (Å²) in [5.74, 6) is -0.110. The third kappa shape index (κ3) is 4.01. The van der Waals surface area contributed by atoms with Crippen molar-refractivity contribution in [2.24, 2.45) is 0 Å². The molecule has 10 nitrogen and oxygen atoms in total. The van der Waals surface area contributed by atoms with Crippen molar-refractivity contribution in [2.45, 2.75) is 19.8 Å². The van der Waals surface area contributed by atoms with Crippen LogP contribution < -0.4 is 0 Å². The van der Waals surface area contributed by atoms with Crippen molar-refractivity contribution in [2.75, 3.05) is 0 Å². The van der Waals surface area contributed by atoms with Crippen molar-refractivity contribution in [1.82, 2.24) is 20.4 Å². The molecule has 0 aliphatic heterocycles. The molecule has 2 heterocycles. The average molecular weight is 523 g/mol. The van der Waals surface area contributed by atoms with E-state index in [2.05, 4.69) is 20.4 Å². The van der Waals surface area contributed by atoms with Crippen LogP contribution in [0.5, 0.6) is 11.5 Å². The molecule has 0 aliphatic rings. The number of aromatic hydroxyl groups is 2. The Bertz CT molecular complexity index is 1620. The van der Waals surface area contributed by atoms with E-state index in [0.717, 1.165) is 0 Å². The van der Waals surface area contributed by atoms with Crippen LogP contribution in [0.4, 0.5) is 0 Å². The molecule has 0 radical (unpaired) electrons. The number of nitrogens with one attached hydrogen (secondary N) is 2. The highest BCUT2D eigenvalue weighted by Gasteiger charge is 2.26. The molecule has 0 fully saturated rings. The minimum absolute atomic E-state index is 0.00936. The molecule has 0 spiro atoms. The predicted molar refractivity (Wildman–Crippen MR) is 129 cm³/mol. The minimum atomic E-state index is -3.95. The summed E-state index contributed by atoms with van der Waals surface area (Å²) >= 11 is 0. The summed E-state index contributed by atoms with van der Waals surface area (Å²) in [7, 11) is -7.89. The van der Waals surface area contributed by atoms with Gasteiger partial charge in [0.15, 0.2) is 10.1 Å². The van der Waals surface area contributed by atoms with Crippen molar-refractivity contribution < 1.29 is 27.0 Å². The number of hydrogen-bond acceptors (Lipinski definition) is 8. The van der Waals surface area contributed by atoms with Gasteiger partial charge in [-0.25, -0.2) is 16.8 Å². The Labute approximate surface area is 205 Å². The normalized spacial score (nSPS) is 12.0. The molecule has 2 aromatic heterocycles. The Balaban J connectivity index is 1.50. The Morgan fingerprint density at radius 1 is 0.528 bits per heavy atom. The lowest BCUT2D eigenvalue weighted by Gasteiger charge is -2.08. The molecule has 0 unspecified atom stereocenters. The van der Waals surface area contributed by atoms with Gasteiger partial charge in [0, 0.05) is 11.1 Å². The third-order valence-electron chi connectivity index (χ3n) is 5.55. The van der Waals surface area contributed by atoms with Crippen molar-refractivity contribution in [3.63, 3.8) is 0 Å². The van der Waals surface area contributed by atoms with E-state index in [9.17, 15) is 27.0 Å². The number of benzene rings is 3. The molecular formula is C24H18N4O6S2. The van der Waals surface area contributed by atoms with Crippen LogP contribution in [-0.2, 0) is 19.7 Å². The van der Waals surface area contributed by atoms with Gasteiger partial charge in [0.1, 0.15) is 11.5 Å². The number of nitrogens with zero attached hydrogens (tertiary/aromatic N) is 2. The van der Waals surface area contributed by atoms with E-state index in [1.165, 1.54) is 60.9 Å². The molecule has 0 bridgehead atoms. The van der Waals surface area contributed by atoms with Gasteiger partial charge in [-0.05, 0) is 59.7 Å². The highest BCUT2D eigenvalue weighted by Crippen LogP contribution is 2.34. The number of hydrogen-bond donors (Lipinski definition) is 4. The van der Waals surface area contributed by atoms with E-state index < -0.39 is 19.7 Å². The second kappa shape index (κ2) is 8.66. The minimum Gasteiger partial charge on any atom is -0.508 e. The molecule has 5 aromatic rings. The Morgan fingerprint density at radius 3 is 1.19 bits per heavy atom. The highest BCUT2D eigenvalue weighted by atomic mass is 32.2. The first-order valence-electron chi connectivity index (χ1n) is 10.4. The van der Waals surface area contributed by atoms with E-state index in [4.69, 9.17) is 0 Å². The fourth-order valence-corrected chi connectivity index (χ4v) is 6.41. The van der Waals surface area contributed by atoms with E-state index in [1.54, 1.807) is 24.3 Å². The van der Waals surface area contributed by atoms with Crippen molar-refractivity contribution in [3.8, 4) is 33.8 Å². The number of aromatic nitrogens is 4. The van der Waals surface area contributed by atoms with Gasteiger partial charge in [-0.2, -0.15) is 10.2 Å². The van der Waals surface area contributed by atoms with Crippen LogP contribution in [0.1, 0.15) is 0 Å². The maximum Gasteiger partial charge on any atom is 0.223 e. The van der Waals surface area contributed by atoms with Crippen LogP contribution in [-0.4, -0.2) is 47.4 Å². The molecule has 0 aliphatic carbocycles. The highest BCUT2D eigenvalue weighted by molar-refractivity contribution is 7.91. The van der Waals surface area contributed by atoms with Gasteiger partial charge >= 0.3 is 0 Å². The molecule has 0 amide bonds. The van der Waals surface area contributed by atoms with Gasteiger partial charge in [-0.15, -0.1) is 0 Å². The number of aromatic amines is 2. The molecule has 182 valence electrons. The average Bonchev–Trinajstić information content (AvgIpc) is 3.56. The first-order chi connectivity index (χ1) is 17.2. The summed E-state index contributed by atoms with van der Waals surface area (Å²) in [6.07, 6.45) is 2.78. The van der Waals surface area contributed by atoms with Gasteiger partial charge in [0.2, 0.25) is 19.7 Å². The van der Waals surface area contributed by atoms with E-state index in [1.807, 2.05) is 0 Å². The van der Waals surface area contributed by atoms with Crippen molar-refractivity contribution >= 4 is 19.7 Å². The zero-order chi connectivity index (χ0) is 25.5. The third-order valence-corrected chi connectivity index (χ3v) is 9.03. The topological polar surface area (TPSA) is 166 Å². The predicted octanol–water partition coefficient (Wildman–Crippen LogP) is 3.54. The van der Waals surface area contributed by atoms with Crippen LogP contribution in [0.15, 0.2) is 105 Å². The lowest BCUT2D eigenvalue weighted by Crippen LogP contribution is -2.04.